The first-order valence-electron chi connectivity index (χ1n) is 9.11. The quantitative estimate of drug-likeness (QED) is 0.454. The summed E-state index contributed by atoms with van der Waals surface area (Å²) in [4.78, 5) is 38.0. The monoisotopic (exact) mass is 476 g/mol. The van der Waals surface area contributed by atoms with Gasteiger partial charge in [0, 0.05) is 15.7 Å². The normalized spacial score (nSPS) is 10.5. The van der Waals surface area contributed by atoms with Crippen LogP contribution in [-0.4, -0.2) is 24.9 Å². The molecule has 0 saturated carbocycles. The molecule has 31 heavy (non-hydrogen) atoms. The molecule has 1 heterocycles. The van der Waals surface area contributed by atoms with Crippen LogP contribution in [0.4, 0.5) is 10.7 Å². The Labute approximate surface area is 193 Å². The Balaban J connectivity index is 1.85. The summed E-state index contributed by atoms with van der Waals surface area (Å²) >= 11 is 12.8. The summed E-state index contributed by atoms with van der Waals surface area (Å²) in [6.45, 7) is 1.63. The fraction of sp³-hybridized carbons (Fsp3) is 0.136. The minimum atomic E-state index is -0.641. The molecule has 2 N–H and O–H groups in total. The van der Waals surface area contributed by atoms with Crippen molar-refractivity contribution < 1.29 is 19.1 Å². The molecule has 3 aromatic rings. The van der Waals surface area contributed by atoms with E-state index in [4.69, 9.17) is 27.9 Å². The second-order valence-electron chi connectivity index (χ2n) is 6.57. The van der Waals surface area contributed by atoms with Crippen LogP contribution in [0.15, 0.2) is 48.5 Å². The summed E-state index contributed by atoms with van der Waals surface area (Å²) in [7, 11) is 1.24. The van der Waals surface area contributed by atoms with Gasteiger partial charge in [0.2, 0.25) is 5.91 Å². The molecular formula is C22H18Cl2N2O4S. The SMILES string of the molecule is COC(=O)c1c(NC(=O)Cc2ccc(Cl)cc2)sc(C(=O)Nc2cccc(Cl)c2)c1C. The number of nitrogens with one attached hydrogen (secondary N) is 2. The van der Waals surface area contributed by atoms with Crippen LogP contribution in [-0.2, 0) is 16.0 Å². The Morgan fingerprint density at radius 1 is 1.00 bits per heavy atom. The van der Waals surface area contributed by atoms with Gasteiger partial charge in [-0.2, -0.15) is 0 Å². The van der Waals surface area contributed by atoms with Crippen molar-refractivity contribution in [2.75, 3.05) is 17.7 Å². The number of carbonyl (C=O) groups is 3. The number of esters is 1. The minimum Gasteiger partial charge on any atom is -0.465 e. The molecule has 1 aromatic heterocycles. The van der Waals surface area contributed by atoms with Crippen LogP contribution >= 0.6 is 34.5 Å². The van der Waals surface area contributed by atoms with E-state index in [1.807, 2.05) is 0 Å². The third kappa shape index (κ3) is 5.64. The Bertz CT molecular complexity index is 1140. The van der Waals surface area contributed by atoms with E-state index >= 15 is 0 Å². The van der Waals surface area contributed by atoms with Gasteiger partial charge < -0.3 is 15.4 Å². The van der Waals surface area contributed by atoms with Crippen LogP contribution in [0.2, 0.25) is 10.0 Å². The third-order valence-corrected chi connectivity index (χ3v) is 6.05. The molecule has 0 saturated heterocycles. The summed E-state index contributed by atoms with van der Waals surface area (Å²) in [5.74, 6) is -1.40. The summed E-state index contributed by atoms with van der Waals surface area (Å²) in [5.41, 5.74) is 1.83. The number of rotatable bonds is 6. The lowest BCUT2D eigenvalue weighted by Gasteiger charge is -2.06. The van der Waals surface area contributed by atoms with E-state index in [1.165, 1.54) is 7.11 Å². The second-order valence-corrected chi connectivity index (χ2v) is 8.46. The van der Waals surface area contributed by atoms with Crippen LogP contribution in [0, 0.1) is 6.92 Å². The summed E-state index contributed by atoms with van der Waals surface area (Å²) in [5, 5.41) is 6.77. The lowest BCUT2D eigenvalue weighted by molar-refractivity contribution is -0.115. The van der Waals surface area contributed by atoms with Crippen molar-refractivity contribution in [2.45, 2.75) is 13.3 Å². The van der Waals surface area contributed by atoms with Gasteiger partial charge in [0.05, 0.1) is 24.0 Å². The number of ether oxygens (including phenoxy) is 1. The topological polar surface area (TPSA) is 84.5 Å². The number of thiophene rings is 1. The van der Waals surface area contributed by atoms with Gasteiger partial charge in [-0.3, -0.25) is 9.59 Å². The number of benzene rings is 2. The molecule has 0 fully saturated rings. The first-order chi connectivity index (χ1) is 14.8. The molecule has 0 unspecified atom stereocenters. The molecule has 3 rings (SSSR count). The molecule has 9 heteroatoms. The largest absolute Gasteiger partial charge is 0.465 e. The van der Waals surface area contributed by atoms with E-state index in [0.29, 0.717) is 21.3 Å². The van der Waals surface area contributed by atoms with Crippen LogP contribution < -0.4 is 10.6 Å². The molecular weight excluding hydrogens is 459 g/mol. The Morgan fingerprint density at radius 2 is 1.71 bits per heavy atom. The van der Waals surface area contributed by atoms with Crippen molar-refractivity contribution in [1.82, 2.24) is 0 Å². The van der Waals surface area contributed by atoms with E-state index in [1.54, 1.807) is 55.5 Å². The predicted molar refractivity (Wildman–Crippen MR) is 124 cm³/mol. The molecule has 0 spiro atoms. The van der Waals surface area contributed by atoms with Crippen molar-refractivity contribution in [3.05, 3.63) is 80.1 Å². The maximum atomic E-state index is 12.8. The van der Waals surface area contributed by atoms with Gasteiger partial charge in [0.1, 0.15) is 5.00 Å². The maximum absolute atomic E-state index is 12.8. The highest BCUT2D eigenvalue weighted by molar-refractivity contribution is 7.19. The minimum absolute atomic E-state index is 0.0821. The van der Waals surface area contributed by atoms with E-state index in [9.17, 15) is 14.4 Å². The van der Waals surface area contributed by atoms with Gasteiger partial charge in [-0.15, -0.1) is 11.3 Å². The summed E-state index contributed by atoms with van der Waals surface area (Å²) in [6, 6.07) is 13.6. The molecule has 0 bridgehead atoms. The van der Waals surface area contributed by atoms with Crippen molar-refractivity contribution in [2.24, 2.45) is 0 Å². The zero-order valence-electron chi connectivity index (χ0n) is 16.6. The maximum Gasteiger partial charge on any atom is 0.341 e. The number of hydrogen-bond acceptors (Lipinski definition) is 5. The summed E-state index contributed by atoms with van der Waals surface area (Å²) in [6.07, 6.45) is 0.0821. The van der Waals surface area contributed by atoms with Crippen LogP contribution in [0.25, 0.3) is 0 Å². The molecule has 0 radical (unpaired) electrons. The van der Waals surface area contributed by atoms with E-state index in [-0.39, 0.29) is 27.8 Å². The fourth-order valence-corrected chi connectivity index (χ4v) is 4.30. The first kappa shape index (κ1) is 22.8. The lowest BCUT2D eigenvalue weighted by atomic mass is 10.1. The van der Waals surface area contributed by atoms with Gasteiger partial charge in [-0.1, -0.05) is 41.4 Å². The summed E-state index contributed by atoms with van der Waals surface area (Å²) < 4.78 is 4.85. The fourth-order valence-electron chi connectivity index (χ4n) is 2.88. The highest BCUT2D eigenvalue weighted by atomic mass is 35.5. The van der Waals surface area contributed by atoms with Crippen molar-refractivity contribution in [3.63, 3.8) is 0 Å². The van der Waals surface area contributed by atoms with Gasteiger partial charge in [0.25, 0.3) is 5.91 Å². The van der Waals surface area contributed by atoms with Crippen LogP contribution in [0.5, 0.6) is 0 Å². The Morgan fingerprint density at radius 3 is 2.35 bits per heavy atom. The van der Waals surface area contributed by atoms with E-state index < -0.39 is 11.9 Å². The van der Waals surface area contributed by atoms with Crippen molar-refractivity contribution >= 4 is 63.0 Å². The molecule has 160 valence electrons. The predicted octanol–water partition coefficient (Wildman–Crippen LogP) is 5.58. The molecule has 6 nitrogen and oxygen atoms in total. The highest BCUT2D eigenvalue weighted by Gasteiger charge is 2.26. The highest BCUT2D eigenvalue weighted by Crippen LogP contribution is 2.34. The average molecular weight is 477 g/mol. The number of carbonyl (C=O) groups excluding carboxylic acids is 3. The smallest absolute Gasteiger partial charge is 0.341 e. The number of methoxy groups -OCH3 is 1. The third-order valence-electron chi connectivity index (χ3n) is 4.36. The number of amides is 2. The zero-order chi connectivity index (χ0) is 22.5. The number of anilines is 2. The molecule has 0 aliphatic carbocycles. The van der Waals surface area contributed by atoms with E-state index in [2.05, 4.69) is 10.6 Å². The van der Waals surface area contributed by atoms with Gasteiger partial charge >= 0.3 is 5.97 Å². The second kappa shape index (κ2) is 9.96. The van der Waals surface area contributed by atoms with Gasteiger partial charge in [-0.25, -0.2) is 4.79 Å². The molecule has 2 aromatic carbocycles. The molecule has 0 aliphatic heterocycles. The van der Waals surface area contributed by atoms with Crippen molar-refractivity contribution in [3.8, 4) is 0 Å². The Kier molecular flexibility index (Phi) is 7.33. The van der Waals surface area contributed by atoms with Gasteiger partial charge in [-0.05, 0) is 48.4 Å². The van der Waals surface area contributed by atoms with E-state index in [0.717, 1.165) is 16.9 Å². The first-order valence-corrected chi connectivity index (χ1v) is 10.7. The molecule has 0 atom stereocenters. The van der Waals surface area contributed by atoms with Gasteiger partial charge in [0.15, 0.2) is 0 Å². The molecule has 2 amide bonds. The number of halogens is 2. The molecule has 0 aliphatic rings. The zero-order valence-corrected chi connectivity index (χ0v) is 19.0. The lowest BCUT2D eigenvalue weighted by Crippen LogP contribution is -2.16. The number of hydrogen-bond donors (Lipinski definition) is 2. The van der Waals surface area contributed by atoms with Crippen LogP contribution in [0.3, 0.4) is 0 Å². The van der Waals surface area contributed by atoms with Crippen molar-refractivity contribution in [1.29, 1.82) is 0 Å². The van der Waals surface area contributed by atoms with Crippen LogP contribution in [0.1, 0.15) is 31.2 Å². The Hall–Kier alpha value is -2.87. The average Bonchev–Trinajstić information content (AvgIpc) is 3.05. The standard InChI is InChI=1S/C22H18Cl2N2O4S/c1-12-18(22(29)30-2)21(26-17(27)10-13-6-8-14(23)9-7-13)31-19(12)20(28)25-16-5-3-4-15(24)11-16/h3-9,11H,10H2,1-2H3,(H,25,28)(H,26,27).